The Morgan fingerprint density at radius 1 is 1.64 bits per heavy atom. The van der Waals surface area contributed by atoms with Crippen LogP contribution in [0, 0.1) is 10.1 Å². The van der Waals surface area contributed by atoms with Crippen LogP contribution in [0.25, 0.3) is 0 Å². The van der Waals surface area contributed by atoms with Gasteiger partial charge in [-0.1, -0.05) is 11.8 Å². The summed E-state index contributed by atoms with van der Waals surface area (Å²) in [6.45, 7) is 0. The van der Waals surface area contributed by atoms with Crippen molar-refractivity contribution >= 4 is 35.5 Å². The van der Waals surface area contributed by atoms with Gasteiger partial charge in [-0.05, 0) is 6.07 Å². The highest BCUT2D eigenvalue weighted by molar-refractivity contribution is 7.99. The van der Waals surface area contributed by atoms with E-state index in [0.717, 1.165) is 17.8 Å². The largest absolute Gasteiger partial charge is 0.504 e. The minimum Gasteiger partial charge on any atom is -0.504 e. The number of H-pyrrole nitrogens is 1. The van der Waals surface area contributed by atoms with E-state index in [4.69, 9.17) is 10.5 Å². The fraction of sp³-hybridized carbons (Fsp3) is 0.167. The van der Waals surface area contributed by atoms with Crippen molar-refractivity contribution in [1.82, 2.24) is 15.2 Å². The Morgan fingerprint density at radius 3 is 3.04 bits per heavy atom. The molecule has 1 amide bonds. The maximum atomic E-state index is 11.0. The van der Waals surface area contributed by atoms with Crippen molar-refractivity contribution in [2.75, 3.05) is 18.3 Å². The van der Waals surface area contributed by atoms with Crippen LogP contribution in [0.2, 0.25) is 0 Å². The molecule has 12 nitrogen and oxygen atoms in total. The number of hydrogen-bond donors (Lipinski definition) is 4. The number of hydrogen-bond acceptors (Lipinski definition) is 10. The van der Waals surface area contributed by atoms with E-state index < -0.39 is 10.8 Å². The lowest BCUT2D eigenvalue weighted by atomic mass is 10.1. The van der Waals surface area contributed by atoms with E-state index in [2.05, 4.69) is 25.7 Å². The molecule has 2 aromatic rings. The highest BCUT2D eigenvalue weighted by Crippen LogP contribution is 2.32. The van der Waals surface area contributed by atoms with Crippen molar-refractivity contribution in [1.29, 1.82) is 0 Å². The fourth-order valence-electron chi connectivity index (χ4n) is 1.66. The summed E-state index contributed by atoms with van der Waals surface area (Å²) >= 11 is 1.04. The monoisotopic (exact) mass is 367 g/mol. The number of nitro benzene ring substituents is 1. The first-order valence-corrected chi connectivity index (χ1v) is 7.57. The van der Waals surface area contributed by atoms with Gasteiger partial charge in [0.15, 0.2) is 11.5 Å². The number of nitrogens with one attached hydrogen (secondary N) is 2. The molecule has 1 aromatic heterocycles. The van der Waals surface area contributed by atoms with Crippen molar-refractivity contribution < 1.29 is 19.6 Å². The van der Waals surface area contributed by atoms with Gasteiger partial charge in [-0.25, -0.2) is 10.5 Å². The van der Waals surface area contributed by atoms with Gasteiger partial charge in [0.2, 0.25) is 17.0 Å². The van der Waals surface area contributed by atoms with E-state index in [1.54, 1.807) is 0 Å². The van der Waals surface area contributed by atoms with E-state index in [9.17, 15) is 20.0 Å². The molecule has 0 bridgehead atoms. The van der Waals surface area contributed by atoms with Gasteiger partial charge < -0.3 is 15.6 Å². The van der Waals surface area contributed by atoms with Crippen LogP contribution in [0.5, 0.6) is 11.5 Å². The first-order chi connectivity index (χ1) is 11.9. The standard InChI is InChI=1S/C12H13N7O5S/c1-24-9-2-6(7(19(22)23)3-8(9)20)4-14-16-11-15-12(18-17-11)25-5-10(13)21/h2-4,20H,5H2,1H3,(H2,13,21)(H2,15,16,17,18)/b14-4-. The molecular formula is C12H13N7O5S. The van der Waals surface area contributed by atoms with Crippen LogP contribution in [0.1, 0.15) is 5.56 Å². The number of ether oxygens (including phenoxy) is 1. The molecule has 0 aliphatic rings. The third-order valence-corrected chi connectivity index (χ3v) is 3.58. The van der Waals surface area contributed by atoms with Crippen LogP contribution < -0.4 is 15.9 Å². The number of nitrogens with zero attached hydrogens (tertiary/aromatic N) is 4. The van der Waals surface area contributed by atoms with E-state index in [-0.39, 0.29) is 39.6 Å². The molecule has 25 heavy (non-hydrogen) atoms. The van der Waals surface area contributed by atoms with Crippen LogP contribution >= 0.6 is 11.8 Å². The van der Waals surface area contributed by atoms with Crippen molar-refractivity contribution in [3.8, 4) is 11.5 Å². The number of primary amides is 1. The molecule has 0 spiro atoms. The summed E-state index contributed by atoms with van der Waals surface area (Å²) in [6.07, 6.45) is 1.17. The highest BCUT2D eigenvalue weighted by atomic mass is 32.2. The van der Waals surface area contributed by atoms with Crippen molar-refractivity contribution in [3.63, 3.8) is 0 Å². The van der Waals surface area contributed by atoms with Crippen molar-refractivity contribution in [2.24, 2.45) is 10.8 Å². The molecule has 0 aliphatic carbocycles. The summed E-state index contributed by atoms with van der Waals surface area (Å²) in [7, 11) is 1.32. The summed E-state index contributed by atoms with van der Waals surface area (Å²) in [4.78, 5) is 25.0. The van der Waals surface area contributed by atoms with Crippen molar-refractivity contribution in [3.05, 3.63) is 27.8 Å². The third kappa shape index (κ3) is 4.81. The van der Waals surface area contributed by atoms with E-state index in [1.807, 2.05) is 0 Å². The van der Waals surface area contributed by atoms with E-state index in [0.29, 0.717) is 0 Å². The number of aromatic amines is 1. The summed E-state index contributed by atoms with van der Waals surface area (Å²) in [5.41, 5.74) is 7.28. The second kappa shape index (κ2) is 7.96. The molecule has 0 unspecified atom stereocenters. The van der Waals surface area contributed by atoms with E-state index in [1.165, 1.54) is 19.4 Å². The number of hydrazone groups is 1. The molecule has 1 aromatic carbocycles. The third-order valence-electron chi connectivity index (χ3n) is 2.71. The quantitative estimate of drug-likeness (QED) is 0.223. The topological polar surface area (TPSA) is 182 Å². The number of nitrogens with two attached hydrogens (primary N) is 1. The number of phenols is 1. The van der Waals surface area contributed by atoms with Crippen LogP contribution in [0.3, 0.4) is 0 Å². The van der Waals surface area contributed by atoms with Gasteiger partial charge in [-0.15, -0.1) is 5.10 Å². The van der Waals surface area contributed by atoms with E-state index >= 15 is 0 Å². The number of benzene rings is 1. The lowest BCUT2D eigenvalue weighted by Gasteiger charge is -2.04. The predicted molar refractivity (Wildman–Crippen MR) is 88.8 cm³/mol. The zero-order valence-corrected chi connectivity index (χ0v) is 13.6. The second-order valence-corrected chi connectivity index (χ2v) is 5.37. The normalized spacial score (nSPS) is 10.8. The lowest BCUT2D eigenvalue weighted by molar-refractivity contribution is -0.385. The Kier molecular flexibility index (Phi) is 5.73. The number of phenolic OH excluding ortho intramolecular Hbond substituents is 1. The minimum absolute atomic E-state index is 0.0278. The number of nitro groups is 1. The summed E-state index contributed by atoms with van der Waals surface area (Å²) in [5, 5.41) is 31.1. The number of aromatic hydroxyl groups is 1. The molecule has 13 heteroatoms. The molecular weight excluding hydrogens is 354 g/mol. The van der Waals surface area contributed by atoms with Crippen LogP contribution in [0.15, 0.2) is 22.4 Å². The molecule has 1 heterocycles. The molecule has 2 rings (SSSR count). The molecule has 5 N–H and O–H groups in total. The number of carbonyl (C=O) groups excluding carboxylic acids is 1. The van der Waals surface area contributed by atoms with Crippen LogP contribution in [-0.2, 0) is 4.79 Å². The highest BCUT2D eigenvalue weighted by Gasteiger charge is 2.17. The Bertz CT molecular complexity index is 822. The Balaban J connectivity index is 2.11. The summed E-state index contributed by atoms with van der Waals surface area (Å²) < 4.78 is 4.91. The van der Waals surface area contributed by atoms with Gasteiger partial charge in [0.1, 0.15) is 0 Å². The first-order valence-electron chi connectivity index (χ1n) is 6.58. The Morgan fingerprint density at radius 2 is 2.40 bits per heavy atom. The van der Waals surface area contributed by atoms with Crippen LogP contribution in [0.4, 0.5) is 11.6 Å². The number of amides is 1. The Hall–Kier alpha value is -3.35. The Labute approximate surface area is 144 Å². The van der Waals surface area contributed by atoms with Gasteiger partial charge in [-0.3, -0.25) is 14.9 Å². The van der Waals surface area contributed by atoms with Crippen molar-refractivity contribution in [2.45, 2.75) is 5.16 Å². The second-order valence-electron chi connectivity index (χ2n) is 4.43. The van der Waals surface area contributed by atoms with Crippen LogP contribution in [-0.4, -0.2) is 50.2 Å². The van der Waals surface area contributed by atoms with Gasteiger partial charge in [0, 0.05) is 0 Å². The van der Waals surface area contributed by atoms with Gasteiger partial charge in [0.05, 0.1) is 35.6 Å². The number of anilines is 1. The molecule has 0 saturated heterocycles. The molecule has 0 saturated carbocycles. The fourth-order valence-corrected chi connectivity index (χ4v) is 2.20. The maximum Gasteiger partial charge on any atom is 0.282 e. The smallest absolute Gasteiger partial charge is 0.282 e. The zero-order chi connectivity index (χ0) is 18.4. The molecule has 0 radical (unpaired) electrons. The van der Waals surface area contributed by atoms with Gasteiger partial charge >= 0.3 is 0 Å². The summed E-state index contributed by atoms with van der Waals surface area (Å²) in [6, 6.07) is 2.24. The van der Waals surface area contributed by atoms with Gasteiger partial charge in [-0.2, -0.15) is 10.1 Å². The number of methoxy groups -OCH3 is 1. The zero-order valence-electron chi connectivity index (χ0n) is 12.8. The summed E-state index contributed by atoms with van der Waals surface area (Å²) in [5.74, 6) is -0.602. The number of aromatic nitrogens is 3. The average Bonchev–Trinajstić information content (AvgIpc) is 3.01. The first kappa shape index (κ1) is 18.0. The molecule has 0 fully saturated rings. The predicted octanol–water partition coefficient (Wildman–Crippen LogP) is 0.450. The molecule has 0 aliphatic heterocycles. The molecule has 0 atom stereocenters. The number of thioether (sulfide) groups is 1. The number of rotatable bonds is 8. The minimum atomic E-state index is -0.659. The SMILES string of the molecule is COc1cc(/C=N\Nc2nc(SCC(N)=O)n[nH]2)c([N+](=O)[O-])cc1O. The number of carbonyl (C=O) groups is 1. The molecule has 132 valence electrons. The average molecular weight is 367 g/mol. The van der Waals surface area contributed by atoms with Gasteiger partial charge in [0.25, 0.3) is 5.69 Å². The lowest BCUT2D eigenvalue weighted by Crippen LogP contribution is -2.13. The maximum absolute atomic E-state index is 11.0.